The van der Waals surface area contributed by atoms with E-state index in [-0.39, 0.29) is 5.56 Å². The molecule has 0 unspecified atom stereocenters. The van der Waals surface area contributed by atoms with Crippen LogP contribution in [0.2, 0.25) is 0 Å². The Morgan fingerprint density at radius 1 is 0.558 bits per heavy atom. The number of halogens is 16. The average Bonchev–Trinajstić information content (AvgIpc) is 2.90. The third-order valence-electron chi connectivity index (χ3n) is 6.15. The van der Waals surface area contributed by atoms with E-state index >= 15 is 0 Å². The molecule has 0 atom stereocenters. The number of alkyl halides is 16. The van der Waals surface area contributed by atoms with Gasteiger partial charge in [-0.1, -0.05) is 36.4 Å². The highest BCUT2D eigenvalue weighted by Gasteiger charge is 2.94. The van der Waals surface area contributed by atoms with Crippen LogP contribution in [0.25, 0.3) is 0 Å². The minimum atomic E-state index is -8.67. The number of nitrogens with one attached hydrogen (secondary N) is 1. The first-order valence-corrected chi connectivity index (χ1v) is 10.8. The van der Waals surface area contributed by atoms with Crippen LogP contribution in [0.3, 0.4) is 0 Å². The van der Waals surface area contributed by atoms with Gasteiger partial charge in [0.1, 0.15) is 0 Å². The Balaban J connectivity index is 2.05. The summed E-state index contributed by atoms with van der Waals surface area (Å²) in [6.45, 7) is 0. The van der Waals surface area contributed by atoms with Gasteiger partial charge >= 0.3 is 53.8 Å². The van der Waals surface area contributed by atoms with Crippen LogP contribution in [0.4, 0.5) is 75.9 Å². The second-order valence-corrected chi connectivity index (χ2v) is 8.76. The van der Waals surface area contributed by atoms with Crippen LogP contribution >= 0.6 is 0 Å². The van der Waals surface area contributed by atoms with Gasteiger partial charge in [0.25, 0.3) is 0 Å². The molecule has 43 heavy (non-hydrogen) atoms. The fourth-order valence-electron chi connectivity index (χ4n) is 3.73. The molecule has 0 spiro atoms. The van der Waals surface area contributed by atoms with E-state index in [1.165, 1.54) is 12.1 Å². The Morgan fingerprint density at radius 3 is 1.47 bits per heavy atom. The first kappa shape index (κ1) is 33.6. The zero-order valence-corrected chi connectivity index (χ0v) is 19.9. The molecule has 3 rings (SSSR count). The van der Waals surface area contributed by atoms with Crippen LogP contribution in [-0.2, 0) is 4.79 Å². The van der Waals surface area contributed by atoms with Crippen molar-refractivity contribution in [3.05, 3.63) is 64.7 Å². The van der Waals surface area contributed by atoms with Crippen LogP contribution in [-0.4, -0.2) is 65.4 Å². The number of rotatable bonds is 9. The Kier molecular flexibility index (Phi) is 7.69. The molecule has 1 aliphatic carbocycles. The van der Waals surface area contributed by atoms with Crippen molar-refractivity contribution in [2.24, 2.45) is 0 Å². The molecule has 0 heterocycles. The predicted molar refractivity (Wildman–Crippen MR) is 109 cm³/mol. The minimum Gasteiger partial charge on any atom is -0.320 e. The number of carbonyl (C=O) groups is 3. The molecule has 0 saturated heterocycles. The highest BCUT2D eigenvalue weighted by molar-refractivity contribution is 6.30. The maximum Gasteiger partial charge on any atom is 0.393 e. The zero-order chi connectivity index (χ0) is 33.4. The molecule has 1 N–H and O–H groups in total. The van der Waals surface area contributed by atoms with Crippen molar-refractivity contribution in [2.75, 3.05) is 5.32 Å². The van der Waals surface area contributed by atoms with E-state index in [0.29, 0.717) is 6.07 Å². The van der Waals surface area contributed by atoms with Crippen molar-refractivity contribution in [1.29, 1.82) is 0 Å². The van der Waals surface area contributed by atoms with Crippen molar-refractivity contribution in [1.82, 2.24) is 0 Å². The number of carbonyl (C=O) groups excluding carboxylic acids is 3. The fraction of sp³-hybridized carbons (Fsp3) is 0.348. The Morgan fingerprint density at radius 2 is 0.977 bits per heavy atom. The number of fused-ring (bicyclic) bond motifs is 2. The van der Waals surface area contributed by atoms with Gasteiger partial charge in [0.2, 0.25) is 0 Å². The number of benzene rings is 2. The van der Waals surface area contributed by atoms with Crippen molar-refractivity contribution in [3.63, 3.8) is 0 Å². The van der Waals surface area contributed by atoms with E-state index in [0.717, 1.165) is 29.6 Å². The Bertz CT molecular complexity index is 1480. The molecule has 4 nitrogen and oxygen atoms in total. The van der Waals surface area contributed by atoms with Crippen LogP contribution in [0.5, 0.6) is 0 Å². The normalized spacial score (nSPS) is 15.4. The maximum absolute atomic E-state index is 14.4. The molecule has 1 aliphatic rings. The summed E-state index contributed by atoms with van der Waals surface area (Å²) < 4.78 is 217. The summed E-state index contributed by atoms with van der Waals surface area (Å²) in [5.41, 5.74) is -3.74. The van der Waals surface area contributed by atoms with E-state index in [2.05, 4.69) is 0 Å². The monoisotopic (exact) mass is 651 g/mol. The number of amides is 1. The van der Waals surface area contributed by atoms with Crippen molar-refractivity contribution in [3.8, 4) is 0 Å². The van der Waals surface area contributed by atoms with E-state index in [1.54, 1.807) is 0 Å². The van der Waals surface area contributed by atoms with Gasteiger partial charge in [0, 0.05) is 16.7 Å². The summed E-state index contributed by atoms with van der Waals surface area (Å²) in [5.74, 6) is -63.2. The van der Waals surface area contributed by atoms with Gasteiger partial charge in [0.05, 0.1) is 11.3 Å². The lowest BCUT2D eigenvalue weighted by Crippen LogP contribution is -2.74. The average molecular weight is 651 g/mol. The SMILES string of the molecule is O=C1c2ccccc2C(=O)c2c(NC(=O)C(F)(F)C(F)(F)C(F)(F)C(F)(F)C(F)(F)C(F)(F)C(F)(F)C(F)F)cccc21. The minimum absolute atomic E-state index is 0.280. The summed E-state index contributed by atoms with van der Waals surface area (Å²) in [6, 6.07) is 6.57. The highest BCUT2D eigenvalue weighted by Crippen LogP contribution is 2.62. The largest absolute Gasteiger partial charge is 0.393 e. The fourth-order valence-corrected chi connectivity index (χ4v) is 3.73. The highest BCUT2D eigenvalue weighted by atomic mass is 19.4. The van der Waals surface area contributed by atoms with Gasteiger partial charge in [-0.3, -0.25) is 14.4 Å². The van der Waals surface area contributed by atoms with Gasteiger partial charge in [-0.05, 0) is 6.07 Å². The second kappa shape index (κ2) is 9.83. The molecule has 0 aliphatic heterocycles. The Hall–Kier alpha value is -3.87. The molecule has 20 heteroatoms. The van der Waals surface area contributed by atoms with E-state index < -0.39 is 87.7 Å². The van der Waals surface area contributed by atoms with Gasteiger partial charge in [-0.15, -0.1) is 0 Å². The third kappa shape index (κ3) is 4.34. The smallest absolute Gasteiger partial charge is 0.320 e. The van der Waals surface area contributed by atoms with Crippen molar-refractivity contribution < 1.29 is 84.6 Å². The molecule has 2 aromatic carbocycles. The van der Waals surface area contributed by atoms with E-state index in [4.69, 9.17) is 0 Å². The maximum atomic E-state index is 14.4. The molecule has 236 valence electrons. The summed E-state index contributed by atoms with van der Waals surface area (Å²) in [6.07, 6.45) is -5.98. The van der Waals surface area contributed by atoms with Crippen LogP contribution in [0.15, 0.2) is 42.5 Å². The first-order valence-electron chi connectivity index (χ1n) is 10.8. The number of ketones is 2. The summed E-state index contributed by atoms with van der Waals surface area (Å²) >= 11 is 0. The quantitative estimate of drug-likeness (QED) is 0.251. The van der Waals surface area contributed by atoms with Crippen molar-refractivity contribution >= 4 is 23.2 Å². The molecule has 0 bridgehead atoms. The number of hydrogen-bond acceptors (Lipinski definition) is 3. The van der Waals surface area contributed by atoms with Gasteiger partial charge in [-0.25, -0.2) is 8.78 Å². The second-order valence-electron chi connectivity index (χ2n) is 8.76. The predicted octanol–water partition coefficient (Wildman–Crippen LogP) is 7.11. The molecule has 0 fully saturated rings. The van der Waals surface area contributed by atoms with E-state index in [9.17, 15) is 84.6 Å². The summed E-state index contributed by atoms with van der Waals surface area (Å²) in [7, 11) is 0. The topological polar surface area (TPSA) is 63.2 Å². The third-order valence-corrected chi connectivity index (χ3v) is 6.15. The van der Waals surface area contributed by atoms with Crippen LogP contribution in [0, 0.1) is 0 Å². The molecule has 0 radical (unpaired) electrons. The number of anilines is 1. The van der Waals surface area contributed by atoms with Gasteiger partial charge < -0.3 is 5.32 Å². The molecule has 0 saturated carbocycles. The van der Waals surface area contributed by atoms with Crippen molar-refractivity contribution in [2.45, 2.75) is 47.9 Å². The number of hydrogen-bond donors (Lipinski definition) is 1. The van der Waals surface area contributed by atoms with Crippen LogP contribution in [0.1, 0.15) is 31.8 Å². The molecule has 1 amide bonds. The van der Waals surface area contributed by atoms with Gasteiger partial charge in [0.15, 0.2) is 11.6 Å². The lowest BCUT2D eigenvalue weighted by molar-refractivity contribution is -0.443. The molecular formula is C23H9F16NO3. The standard InChI is InChI=1S/C23H9F16NO3/c24-15(25)17(26,27)19(30,31)21(34,35)23(38,39)22(36,37)20(32,33)18(28,29)16(43)40-11-7-3-6-10-12(11)14(42)9-5-2-1-4-8(9)13(10)41/h1-7,15H,(H,40,43). The summed E-state index contributed by atoms with van der Waals surface area (Å²) in [5, 5.41) is 0.755. The lowest BCUT2D eigenvalue weighted by Gasteiger charge is -2.42. The van der Waals surface area contributed by atoms with Gasteiger partial charge in [-0.2, -0.15) is 61.5 Å². The first-order chi connectivity index (χ1) is 19.2. The van der Waals surface area contributed by atoms with Crippen LogP contribution < -0.4 is 5.32 Å². The molecule has 2 aromatic rings. The lowest BCUT2D eigenvalue weighted by atomic mass is 9.83. The Labute approximate surface area is 226 Å². The van der Waals surface area contributed by atoms with E-state index in [1.807, 2.05) is 0 Å². The molecule has 0 aromatic heterocycles. The molecular weight excluding hydrogens is 642 g/mol. The summed E-state index contributed by atoms with van der Waals surface area (Å²) in [4.78, 5) is 37.4. The zero-order valence-electron chi connectivity index (χ0n) is 19.9.